The van der Waals surface area contributed by atoms with Gasteiger partial charge < -0.3 is 20.9 Å². The highest BCUT2D eigenvalue weighted by Gasteiger charge is 2.24. The maximum atomic E-state index is 12.3. The van der Waals surface area contributed by atoms with Gasteiger partial charge in [0.25, 0.3) is 5.91 Å². The summed E-state index contributed by atoms with van der Waals surface area (Å²) in [5.41, 5.74) is 5.95. The molecule has 8 heteroatoms. The average molecular weight is 327 g/mol. The predicted molar refractivity (Wildman–Crippen MR) is 89.4 cm³/mol. The fraction of sp³-hybridized carbons (Fsp3) is 0.692. The van der Waals surface area contributed by atoms with Gasteiger partial charge in [-0.25, -0.2) is 4.98 Å². The summed E-state index contributed by atoms with van der Waals surface area (Å²) in [6.07, 6.45) is 1.04. The Morgan fingerprint density at radius 2 is 2.14 bits per heavy atom. The Hall–Kier alpha value is -0.990. The van der Waals surface area contributed by atoms with E-state index in [2.05, 4.69) is 27.1 Å². The molecule has 3 rings (SSSR count). The summed E-state index contributed by atoms with van der Waals surface area (Å²) in [6.45, 7) is 3.90. The number of nitrogen functional groups attached to an aromatic ring is 1. The third-order valence-electron chi connectivity index (χ3n) is 3.89. The van der Waals surface area contributed by atoms with Gasteiger partial charge in [0.05, 0.1) is 0 Å². The first-order valence-corrected chi connectivity index (χ1v) is 9.19. The van der Waals surface area contributed by atoms with E-state index in [1.807, 2.05) is 11.8 Å². The van der Waals surface area contributed by atoms with E-state index in [1.165, 1.54) is 11.3 Å². The van der Waals surface area contributed by atoms with E-state index in [9.17, 15) is 4.79 Å². The molecule has 2 saturated heterocycles. The van der Waals surface area contributed by atoms with E-state index in [1.54, 1.807) is 0 Å². The fourth-order valence-electron chi connectivity index (χ4n) is 2.52. The summed E-state index contributed by atoms with van der Waals surface area (Å²) >= 11 is 3.29. The van der Waals surface area contributed by atoms with E-state index < -0.39 is 0 Å². The molecule has 21 heavy (non-hydrogen) atoms. The molecule has 2 fully saturated rings. The van der Waals surface area contributed by atoms with E-state index >= 15 is 0 Å². The van der Waals surface area contributed by atoms with Crippen molar-refractivity contribution >= 4 is 40.0 Å². The molecule has 0 saturated carbocycles. The van der Waals surface area contributed by atoms with Crippen LogP contribution in [0.3, 0.4) is 0 Å². The third-order valence-corrected chi connectivity index (χ3v) is 6.18. The smallest absolute Gasteiger partial charge is 0.265 e. The summed E-state index contributed by atoms with van der Waals surface area (Å²) in [5, 5.41) is 3.93. The van der Waals surface area contributed by atoms with Crippen LogP contribution >= 0.6 is 23.1 Å². The van der Waals surface area contributed by atoms with Crippen LogP contribution in [0.15, 0.2) is 0 Å². The van der Waals surface area contributed by atoms with Crippen LogP contribution in [0.25, 0.3) is 0 Å². The molecule has 0 spiro atoms. The SMILES string of the molecule is CN1CCN(c2nc(N)c(C(=O)NC3CCSC3)s2)CC1. The van der Waals surface area contributed by atoms with Gasteiger partial charge in [0.15, 0.2) is 5.13 Å². The average Bonchev–Trinajstić information content (AvgIpc) is 3.09. The number of carbonyl (C=O) groups excluding carboxylic acids is 1. The van der Waals surface area contributed by atoms with E-state index in [0.29, 0.717) is 10.7 Å². The monoisotopic (exact) mass is 327 g/mol. The molecular formula is C13H21N5OS2. The Morgan fingerprint density at radius 3 is 2.81 bits per heavy atom. The standard InChI is InChI=1S/C13H21N5OS2/c1-17-3-5-18(6-4-17)13-16-11(14)10(21-13)12(19)15-9-2-7-20-8-9/h9H,2-8,14H2,1H3,(H,15,19). The fourth-order valence-corrected chi connectivity index (χ4v) is 4.61. The maximum Gasteiger partial charge on any atom is 0.265 e. The maximum absolute atomic E-state index is 12.3. The van der Waals surface area contributed by atoms with Crippen molar-refractivity contribution in [2.75, 3.05) is 55.4 Å². The number of amides is 1. The normalized spacial score (nSPS) is 23.5. The Balaban J connectivity index is 1.67. The number of carbonyl (C=O) groups is 1. The predicted octanol–water partition coefficient (Wildman–Crippen LogP) is 0.712. The van der Waals surface area contributed by atoms with Gasteiger partial charge >= 0.3 is 0 Å². The Kier molecular flexibility index (Phi) is 4.56. The van der Waals surface area contributed by atoms with E-state index in [-0.39, 0.29) is 11.9 Å². The number of likely N-dealkylation sites (N-methyl/N-ethyl adjacent to an activating group) is 1. The Labute approximate surface area is 133 Å². The van der Waals surface area contributed by atoms with Gasteiger partial charge in [-0.05, 0) is 19.2 Å². The van der Waals surface area contributed by atoms with Crippen molar-refractivity contribution in [3.05, 3.63) is 4.88 Å². The molecule has 6 nitrogen and oxygen atoms in total. The van der Waals surface area contributed by atoms with Crippen molar-refractivity contribution in [1.29, 1.82) is 0 Å². The van der Waals surface area contributed by atoms with Crippen LogP contribution in [-0.2, 0) is 0 Å². The Bertz CT molecular complexity index is 507. The lowest BCUT2D eigenvalue weighted by molar-refractivity contribution is 0.0946. The van der Waals surface area contributed by atoms with Crippen molar-refractivity contribution in [3.8, 4) is 0 Å². The highest BCUT2D eigenvalue weighted by molar-refractivity contribution is 7.99. The van der Waals surface area contributed by atoms with Gasteiger partial charge in [0.2, 0.25) is 0 Å². The minimum atomic E-state index is -0.0714. The number of nitrogens with two attached hydrogens (primary N) is 1. The summed E-state index contributed by atoms with van der Waals surface area (Å²) in [5.74, 6) is 2.40. The van der Waals surface area contributed by atoms with E-state index in [0.717, 1.165) is 49.2 Å². The number of rotatable bonds is 3. The molecule has 0 radical (unpaired) electrons. The van der Waals surface area contributed by atoms with Gasteiger partial charge in [-0.2, -0.15) is 11.8 Å². The quantitative estimate of drug-likeness (QED) is 0.852. The lowest BCUT2D eigenvalue weighted by Gasteiger charge is -2.31. The van der Waals surface area contributed by atoms with Gasteiger partial charge in [0, 0.05) is 38.0 Å². The molecule has 1 atom stereocenters. The lowest BCUT2D eigenvalue weighted by atomic mass is 10.2. The number of nitrogens with zero attached hydrogens (tertiary/aromatic N) is 3. The van der Waals surface area contributed by atoms with Gasteiger partial charge in [0.1, 0.15) is 10.7 Å². The molecule has 116 valence electrons. The number of thiazole rings is 1. The van der Waals surface area contributed by atoms with Crippen molar-refractivity contribution in [3.63, 3.8) is 0 Å². The Morgan fingerprint density at radius 1 is 1.38 bits per heavy atom. The van der Waals surface area contributed by atoms with Crippen molar-refractivity contribution < 1.29 is 4.79 Å². The molecule has 1 amide bonds. The molecule has 1 aromatic heterocycles. The first kappa shape index (κ1) is 14.9. The largest absolute Gasteiger partial charge is 0.382 e. The molecule has 0 aromatic carbocycles. The summed E-state index contributed by atoms with van der Waals surface area (Å²) < 4.78 is 0. The first-order chi connectivity index (χ1) is 10.1. The highest BCUT2D eigenvalue weighted by atomic mass is 32.2. The third kappa shape index (κ3) is 3.44. The summed E-state index contributed by atoms with van der Waals surface area (Å²) in [7, 11) is 2.12. The van der Waals surface area contributed by atoms with Gasteiger partial charge in [-0.15, -0.1) is 0 Å². The first-order valence-electron chi connectivity index (χ1n) is 7.22. The van der Waals surface area contributed by atoms with Crippen LogP contribution in [0.4, 0.5) is 10.9 Å². The van der Waals surface area contributed by atoms with Crippen molar-refractivity contribution in [2.24, 2.45) is 0 Å². The minimum Gasteiger partial charge on any atom is -0.382 e. The van der Waals surface area contributed by atoms with Crippen LogP contribution in [0.1, 0.15) is 16.1 Å². The zero-order valence-electron chi connectivity index (χ0n) is 12.2. The van der Waals surface area contributed by atoms with Gasteiger partial charge in [-0.3, -0.25) is 4.79 Å². The summed E-state index contributed by atoms with van der Waals surface area (Å²) in [4.78, 5) is 21.8. The lowest BCUT2D eigenvalue weighted by Crippen LogP contribution is -2.44. The number of piperazine rings is 1. The number of anilines is 2. The molecule has 1 aromatic rings. The zero-order valence-corrected chi connectivity index (χ0v) is 13.8. The number of nitrogens with one attached hydrogen (secondary N) is 1. The van der Waals surface area contributed by atoms with Crippen molar-refractivity contribution in [2.45, 2.75) is 12.5 Å². The zero-order chi connectivity index (χ0) is 14.8. The topological polar surface area (TPSA) is 74.5 Å². The second-order valence-corrected chi connectivity index (χ2v) is 7.66. The van der Waals surface area contributed by atoms with Crippen molar-refractivity contribution in [1.82, 2.24) is 15.2 Å². The molecule has 2 aliphatic heterocycles. The number of aromatic nitrogens is 1. The second kappa shape index (κ2) is 6.41. The minimum absolute atomic E-state index is 0.0714. The summed E-state index contributed by atoms with van der Waals surface area (Å²) in [6, 6.07) is 0.274. The molecule has 0 aliphatic carbocycles. The highest BCUT2D eigenvalue weighted by Crippen LogP contribution is 2.29. The van der Waals surface area contributed by atoms with Crippen LogP contribution in [0.2, 0.25) is 0 Å². The number of hydrogen-bond donors (Lipinski definition) is 2. The van der Waals surface area contributed by atoms with Crippen LogP contribution in [0.5, 0.6) is 0 Å². The van der Waals surface area contributed by atoms with Gasteiger partial charge in [-0.1, -0.05) is 11.3 Å². The second-order valence-electron chi connectivity index (χ2n) is 5.54. The molecular weight excluding hydrogens is 306 g/mol. The molecule has 3 heterocycles. The molecule has 1 unspecified atom stereocenters. The van der Waals surface area contributed by atoms with Crippen LogP contribution in [0, 0.1) is 0 Å². The number of thioether (sulfide) groups is 1. The van der Waals surface area contributed by atoms with E-state index in [4.69, 9.17) is 5.73 Å². The molecule has 2 aliphatic rings. The number of hydrogen-bond acceptors (Lipinski definition) is 7. The molecule has 3 N–H and O–H groups in total. The van der Waals surface area contributed by atoms with Crippen LogP contribution in [-0.4, -0.2) is 66.6 Å². The van der Waals surface area contributed by atoms with Crippen LogP contribution < -0.4 is 16.0 Å². The molecule has 0 bridgehead atoms.